The van der Waals surface area contributed by atoms with Gasteiger partial charge in [0.05, 0.1) is 6.54 Å². The predicted molar refractivity (Wildman–Crippen MR) is 87.7 cm³/mol. The van der Waals surface area contributed by atoms with E-state index in [9.17, 15) is 14.0 Å². The highest BCUT2D eigenvalue weighted by molar-refractivity contribution is 5.94. The zero-order chi connectivity index (χ0) is 17.3. The van der Waals surface area contributed by atoms with E-state index >= 15 is 0 Å². The number of benzene rings is 1. The molecule has 0 bridgehead atoms. The van der Waals surface area contributed by atoms with E-state index in [1.807, 2.05) is 11.8 Å². The zero-order valence-electron chi connectivity index (χ0n) is 13.7. The summed E-state index contributed by atoms with van der Waals surface area (Å²) in [7, 11) is 0. The quantitative estimate of drug-likeness (QED) is 0.861. The molecular weight excluding hydrogens is 313 g/mol. The zero-order valence-corrected chi connectivity index (χ0v) is 13.7. The Morgan fingerprint density at radius 1 is 1.42 bits per heavy atom. The van der Waals surface area contributed by atoms with E-state index in [0.29, 0.717) is 19.5 Å². The summed E-state index contributed by atoms with van der Waals surface area (Å²) in [4.78, 5) is 26.8. The Kier molecular flexibility index (Phi) is 4.71. The van der Waals surface area contributed by atoms with Crippen LogP contribution in [0.4, 0.5) is 14.9 Å². The highest BCUT2D eigenvalue weighted by Crippen LogP contribution is 2.30. The minimum atomic E-state index is -0.828. The van der Waals surface area contributed by atoms with Crippen LogP contribution >= 0.6 is 0 Å². The Morgan fingerprint density at radius 3 is 2.83 bits per heavy atom. The maximum absolute atomic E-state index is 13.2. The first kappa shape index (κ1) is 16.7. The monoisotopic (exact) mass is 335 g/mol. The number of urea groups is 1. The Labute approximate surface area is 140 Å². The van der Waals surface area contributed by atoms with Crippen LogP contribution in [0.5, 0.6) is 0 Å². The largest absolute Gasteiger partial charge is 0.480 e. The molecule has 2 N–H and O–H groups in total. The van der Waals surface area contributed by atoms with Crippen molar-refractivity contribution in [3.63, 3.8) is 0 Å². The lowest BCUT2D eigenvalue weighted by Crippen LogP contribution is -2.56. The Balaban J connectivity index is 1.52. The van der Waals surface area contributed by atoms with Crippen molar-refractivity contribution < 1.29 is 19.1 Å². The number of amides is 2. The van der Waals surface area contributed by atoms with Gasteiger partial charge in [0, 0.05) is 24.3 Å². The molecule has 24 heavy (non-hydrogen) atoms. The molecule has 3 rings (SSSR count). The maximum Gasteiger partial charge on any atom is 0.322 e. The molecule has 0 aromatic heterocycles. The molecule has 0 spiro atoms. The summed E-state index contributed by atoms with van der Waals surface area (Å²) >= 11 is 0. The molecule has 1 aliphatic heterocycles. The van der Waals surface area contributed by atoms with Gasteiger partial charge in [0.2, 0.25) is 0 Å². The van der Waals surface area contributed by atoms with Crippen molar-refractivity contribution in [2.75, 3.05) is 24.5 Å². The van der Waals surface area contributed by atoms with Crippen molar-refractivity contribution in [1.29, 1.82) is 0 Å². The van der Waals surface area contributed by atoms with Crippen LogP contribution in [0.25, 0.3) is 0 Å². The normalized spacial score (nSPS) is 22.2. The van der Waals surface area contributed by atoms with E-state index in [1.165, 1.54) is 12.1 Å². The first-order valence-electron chi connectivity index (χ1n) is 8.30. The van der Waals surface area contributed by atoms with Gasteiger partial charge in [-0.3, -0.25) is 14.6 Å². The number of fused-ring (bicyclic) bond motifs is 1. The van der Waals surface area contributed by atoms with Gasteiger partial charge < -0.3 is 10.4 Å². The fourth-order valence-electron chi connectivity index (χ4n) is 3.51. The van der Waals surface area contributed by atoms with E-state index < -0.39 is 5.97 Å². The molecule has 0 atom stereocenters. The third-order valence-corrected chi connectivity index (χ3v) is 4.88. The van der Waals surface area contributed by atoms with Gasteiger partial charge in [-0.2, -0.15) is 0 Å². The molecular formula is C17H22FN3O3. The van der Waals surface area contributed by atoms with Crippen LogP contribution < -0.4 is 10.2 Å². The van der Waals surface area contributed by atoms with Crippen LogP contribution in [0.15, 0.2) is 18.2 Å². The minimum absolute atomic E-state index is 0.0346. The van der Waals surface area contributed by atoms with Gasteiger partial charge in [0.1, 0.15) is 5.82 Å². The third kappa shape index (κ3) is 3.36. The molecule has 0 saturated heterocycles. The summed E-state index contributed by atoms with van der Waals surface area (Å²) in [5.41, 5.74) is 1.63. The first-order valence-corrected chi connectivity index (χ1v) is 8.30. The van der Waals surface area contributed by atoms with Crippen LogP contribution in [0.2, 0.25) is 0 Å². The summed E-state index contributed by atoms with van der Waals surface area (Å²) in [6.07, 6.45) is 2.18. The molecule has 1 aliphatic carbocycles. The van der Waals surface area contributed by atoms with Gasteiger partial charge in [-0.15, -0.1) is 0 Å². The average molecular weight is 335 g/mol. The van der Waals surface area contributed by atoms with Crippen molar-refractivity contribution in [2.45, 2.75) is 38.3 Å². The number of carboxylic acid groups (broad SMARTS) is 1. The van der Waals surface area contributed by atoms with Crippen molar-refractivity contribution in [2.24, 2.45) is 0 Å². The smallest absolute Gasteiger partial charge is 0.322 e. The third-order valence-electron chi connectivity index (χ3n) is 4.88. The van der Waals surface area contributed by atoms with E-state index in [-0.39, 0.29) is 30.5 Å². The second kappa shape index (κ2) is 6.76. The lowest BCUT2D eigenvalue weighted by Gasteiger charge is -2.42. The second-order valence-corrected chi connectivity index (χ2v) is 6.40. The number of carbonyl (C=O) groups excluding carboxylic acids is 1. The van der Waals surface area contributed by atoms with Gasteiger partial charge in [0.25, 0.3) is 0 Å². The first-order chi connectivity index (χ1) is 11.5. The topological polar surface area (TPSA) is 72.9 Å². The molecule has 1 fully saturated rings. The number of nitrogens with zero attached hydrogens (tertiary/aromatic N) is 2. The van der Waals surface area contributed by atoms with Crippen LogP contribution in [-0.2, 0) is 11.2 Å². The fraction of sp³-hybridized carbons (Fsp3) is 0.529. The SMILES string of the molecule is CCN(CC(=O)O)C1CC(NC(=O)N2CCc3cc(F)ccc32)C1. The van der Waals surface area contributed by atoms with Crippen molar-refractivity contribution in [3.05, 3.63) is 29.6 Å². The molecule has 6 nitrogen and oxygen atoms in total. The summed E-state index contributed by atoms with van der Waals surface area (Å²) < 4.78 is 13.2. The Bertz CT molecular complexity index is 646. The number of halogens is 1. The number of carboxylic acids is 1. The minimum Gasteiger partial charge on any atom is -0.480 e. The van der Waals surface area contributed by atoms with Gasteiger partial charge in [-0.05, 0) is 49.6 Å². The lowest BCUT2D eigenvalue weighted by atomic mass is 9.85. The molecule has 0 radical (unpaired) electrons. The number of aliphatic carboxylic acids is 1. The highest BCUT2D eigenvalue weighted by Gasteiger charge is 2.36. The van der Waals surface area contributed by atoms with E-state index in [4.69, 9.17) is 5.11 Å². The van der Waals surface area contributed by atoms with Crippen molar-refractivity contribution >= 4 is 17.7 Å². The summed E-state index contributed by atoms with van der Waals surface area (Å²) in [6.45, 7) is 3.21. The summed E-state index contributed by atoms with van der Waals surface area (Å²) in [5, 5.41) is 11.9. The van der Waals surface area contributed by atoms with Crippen molar-refractivity contribution in [1.82, 2.24) is 10.2 Å². The molecule has 1 heterocycles. The predicted octanol–water partition coefficient (Wildman–Crippen LogP) is 1.84. The molecule has 2 aliphatic rings. The number of rotatable bonds is 5. The number of anilines is 1. The second-order valence-electron chi connectivity index (χ2n) is 6.40. The highest BCUT2D eigenvalue weighted by atomic mass is 19.1. The molecule has 7 heteroatoms. The number of hydrogen-bond donors (Lipinski definition) is 2. The molecule has 1 aromatic rings. The molecule has 1 saturated carbocycles. The van der Waals surface area contributed by atoms with Gasteiger partial charge >= 0.3 is 12.0 Å². The molecule has 0 unspecified atom stereocenters. The van der Waals surface area contributed by atoms with Crippen LogP contribution in [0.1, 0.15) is 25.3 Å². The molecule has 1 aromatic carbocycles. The van der Waals surface area contributed by atoms with Gasteiger partial charge in [0.15, 0.2) is 0 Å². The molecule has 130 valence electrons. The fourth-order valence-corrected chi connectivity index (χ4v) is 3.51. The number of nitrogens with one attached hydrogen (secondary N) is 1. The van der Waals surface area contributed by atoms with Gasteiger partial charge in [-0.25, -0.2) is 9.18 Å². The number of carbonyl (C=O) groups is 2. The maximum atomic E-state index is 13.2. The standard InChI is InChI=1S/C17H22FN3O3/c1-2-20(10-16(22)23)14-8-13(9-14)19-17(24)21-6-5-11-7-12(18)3-4-15(11)21/h3-4,7,13-14H,2,5-6,8-10H2,1H3,(H,19,24)(H,22,23). The van der Waals surface area contributed by atoms with Crippen LogP contribution in [0.3, 0.4) is 0 Å². The number of hydrogen-bond acceptors (Lipinski definition) is 3. The Hall–Kier alpha value is -2.15. The number of likely N-dealkylation sites (N-methyl/N-ethyl adjacent to an activating group) is 1. The van der Waals surface area contributed by atoms with Crippen LogP contribution in [-0.4, -0.2) is 53.7 Å². The van der Waals surface area contributed by atoms with E-state index in [2.05, 4.69) is 5.32 Å². The van der Waals surface area contributed by atoms with Crippen LogP contribution in [0, 0.1) is 5.82 Å². The lowest BCUT2D eigenvalue weighted by molar-refractivity contribution is -0.139. The summed E-state index contributed by atoms with van der Waals surface area (Å²) in [6, 6.07) is 4.60. The molecule has 2 amide bonds. The average Bonchev–Trinajstić information content (AvgIpc) is 2.91. The van der Waals surface area contributed by atoms with E-state index in [0.717, 1.165) is 24.1 Å². The van der Waals surface area contributed by atoms with Gasteiger partial charge in [-0.1, -0.05) is 6.92 Å². The summed E-state index contributed by atoms with van der Waals surface area (Å²) in [5.74, 6) is -1.11. The van der Waals surface area contributed by atoms with Crippen molar-refractivity contribution in [3.8, 4) is 0 Å². The Morgan fingerprint density at radius 2 is 2.17 bits per heavy atom. The van der Waals surface area contributed by atoms with E-state index in [1.54, 1.807) is 11.0 Å².